The lowest BCUT2D eigenvalue weighted by atomic mass is 9.79. The van der Waals surface area contributed by atoms with Crippen molar-refractivity contribution in [2.75, 3.05) is 0 Å². The molecule has 24 heavy (non-hydrogen) atoms. The molecule has 1 aromatic carbocycles. The third kappa shape index (κ3) is 5.08. The van der Waals surface area contributed by atoms with E-state index >= 15 is 0 Å². The molecule has 0 unspecified atom stereocenters. The summed E-state index contributed by atoms with van der Waals surface area (Å²) in [5.41, 5.74) is 2.33. The first-order chi connectivity index (χ1) is 11.6. The molecule has 0 aliphatic carbocycles. The van der Waals surface area contributed by atoms with Gasteiger partial charge in [-0.15, -0.1) is 0 Å². The van der Waals surface area contributed by atoms with E-state index in [0.29, 0.717) is 5.46 Å². The third-order valence-electron chi connectivity index (χ3n) is 4.85. The zero-order chi connectivity index (χ0) is 17.4. The van der Waals surface area contributed by atoms with Crippen molar-refractivity contribution in [3.05, 3.63) is 29.8 Å². The summed E-state index contributed by atoms with van der Waals surface area (Å²) in [7, 11) is -1.43. The van der Waals surface area contributed by atoms with E-state index in [1.54, 1.807) is 12.1 Å². The Kier molecular flexibility index (Phi) is 7.31. The van der Waals surface area contributed by atoms with Crippen molar-refractivity contribution in [2.24, 2.45) is 5.16 Å². The second-order valence-electron chi connectivity index (χ2n) is 6.90. The van der Waals surface area contributed by atoms with Crippen LogP contribution in [-0.2, 0) is 4.84 Å². The molecule has 0 spiro atoms. The largest absolute Gasteiger partial charge is 0.488 e. The van der Waals surface area contributed by atoms with Gasteiger partial charge in [-0.05, 0) is 36.7 Å². The van der Waals surface area contributed by atoms with Crippen molar-refractivity contribution >= 4 is 18.3 Å². The summed E-state index contributed by atoms with van der Waals surface area (Å²) in [4.78, 5) is 5.97. The van der Waals surface area contributed by atoms with Gasteiger partial charge in [0, 0.05) is 6.42 Å². The minimum absolute atomic E-state index is 0.144. The van der Waals surface area contributed by atoms with Gasteiger partial charge in [-0.2, -0.15) is 0 Å². The molecule has 0 radical (unpaired) electrons. The fourth-order valence-electron chi connectivity index (χ4n) is 3.31. The first-order valence-corrected chi connectivity index (χ1v) is 9.32. The maximum atomic E-state index is 9.20. The number of oxime groups is 1. The van der Waals surface area contributed by atoms with Gasteiger partial charge >= 0.3 is 7.12 Å². The van der Waals surface area contributed by atoms with Crippen LogP contribution in [0.2, 0.25) is 0 Å². The quantitative estimate of drug-likeness (QED) is 0.510. The molecule has 0 atom stereocenters. The van der Waals surface area contributed by atoms with Crippen LogP contribution in [0.3, 0.4) is 0 Å². The van der Waals surface area contributed by atoms with Gasteiger partial charge in [0.15, 0.2) is 0 Å². The molecule has 132 valence electrons. The number of benzene rings is 1. The van der Waals surface area contributed by atoms with Crippen LogP contribution in [0, 0.1) is 0 Å². The SMILES string of the molecule is CCCCCC1(CCCCC)CC(c2ccc(B(O)O)cc2)=NO1. The van der Waals surface area contributed by atoms with Crippen molar-refractivity contribution < 1.29 is 14.9 Å². The highest BCUT2D eigenvalue weighted by Gasteiger charge is 2.38. The monoisotopic (exact) mass is 331 g/mol. The zero-order valence-corrected chi connectivity index (χ0v) is 15.0. The van der Waals surface area contributed by atoms with E-state index < -0.39 is 7.12 Å². The molecule has 0 saturated heterocycles. The minimum Gasteiger partial charge on any atom is -0.423 e. The Morgan fingerprint density at radius 1 is 1.00 bits per heavy atom. The van der Waals surface area contributed by atoms with E-state index in [2.05, 4.69) is 19.0 Å². The van der Waals surface area contributed by atoms with Gasteiger partial charge in [-0.1, -0.05) is 69.0 Å². The van der Waals surface area contributed by atoms with Crippen molar-refractivity contribution in [1.82, 2.24) is 0 Å². The van der Waals surface area contributed by atoms with Crippen LogP contribution in [0.5, 0.6) is 0 Å². The van der Waals surface area contributed by atoms with Gasteiger partial charge in [-0.3, -0.25) is 0 Å². The third-order valence-corrected chi connectivity index (χ3v) is 4.85. The topological polar surface area (TPSA) is 62.0 Å². The summed E-state index contributed by atoms with van der Waals surface area (Å²) < 4.78 is 0. The van der Waals surface area contributed by atoms with Crippen LogP contribution < -0.4 is 5.46 Å². The van der Waals surface area contributed by atoms with Gasteiger partial charge in [0.2, 0.25) is 0 Å². The Hall–Kier alpha value is -1.33. The van der Waals surface area contributed by atoms with Gasteiger partial charge in [-0.25, -0.2) is 0 Å². The molecule has 0 aromatic heterocycles. The average Bonchev–Trinajstić information content (AvgIpc) is 3.00. The molecule has 0 fully saturated rings. The summed E-state index contributed by atoms with van der Waals surface area (Å²) >= 11 is 0. The standard InChI is InChI=1S/C19H30BNO3/c1-3-5-7-13-19(14-8-6-4-2)15-18(21-24-19)16-9-11-17(12-10-16)20(22)23/h9-12,22-23H,3-8,13-15H2,1-2H3. The predicted molar refractivity (Wildman–Crippen MR) is 99.5 cm³/mol. The number of rotatable bonds is 10. The van der Waals surface area contributed by atoms with Crippen molar-refractivity contribution in [2.45, 2.75) is 77.2 Å². The molecule has 2 rings (SSSR count). The molecule has 0 bridgehead atoms. The lowest BCUT2D eigenvalue weighted by molar-refractivity contribution is -0.0348. The van der Waals surface area contributed by atoms with Gasteiger partial charge < -0.3 is 14.9 Å². The zero-order valence-electron chi connectivity index (χ0n) is 15.0. The van der Waals surface area contributed by atoms with Crippen LogP contribution in [-0.4, -0.2) is 28.5 Å². The maximum absolute atomic E-state index is 9.20. The van der Waals surface area contributed by atoms with Gasteiger partial charge in [0.05, 0.1) is 5.71 Å². The number of hydrogen-bond donors (Lipinski definition) is 2. The van der Waals surface area contributed by atoms with E-state index in [1.807, 2.05) is 12.1 Å². The summed E-state index contributed by atoms with van der Waals surface area (Å²) in [5, 5.41) is 22.8. The number of nitrogens with zero attached hydrogens (tertiary/aromatic N) is 1. The van der Waals surface area contributed by atoms with E-state index in [1.165, 1.54) is 38.5 Å². The molecule has 0 amide bonds. The second-order valence-corrected chi connectivity index (χ2v) is 6.90. The maximum Gasteiger partial charge on any atom is 0.488 e. The first-order valence-electron chi connectivity index (χ1n) is 9.32. The lowest BCUT2D eigenvalue weighted by Gasteiger charge is -2.26. The minimum atomic E-state index is -1.43. The Morgan fingerprint density at radius 2 is 1.58 bits per heavy atom. The van der Waals surface area contributed by atoms with E-state index in [0.717, 1.165) is 30.5 Å². The Labute approximate surface area is 146 Å². The fraction of sp³-hybridized carbons (Fsp3) is 0.632. The average molecular weight is 331 g/mol. The Balaban J connectivity index is 2.02. The van der Waals surface area contributed by atoms with Crippen molar-refractivity contribution in [3.8, 4) is 0 Å². The Morgan fingerprint density at radius 3 is 2.08 bits per heavy atom. The van der Waals surface area contributed by atoms with Crippen molar-refractivity contribution in [3.63, 3.8) is 0 Å². The lowest BCUT2D eigenvalue weighted by Crippen LogP contribution is -2.30. The normalized spacial score (nSPS) is 15.9. The molecule has 1 aliphatic heterocycles. The molecular formula is C19H30BNO3. The fourth-order valence-corrected chi connectivity index (χ4v) is 3.31. The highest BCUT2D eigenvalue weighted by Crippen LogP contribution is 2.36. The summed E-state index contributed by atoms with van der Waals surface area (Å²) in [5.74, 6) is 0. The smallest absolute Gasteiger partial charge is 0.423 e. The molecule has 1 aliphatic rings. The molecular weight excluding hydrogens is 301 g/mol. The van der Waals surface area contributed by atoms with Crippen molar-refractivity contribution in [1.29, 1.82) is 0 Å². The number of unbranched alkanes of at least 4 members (excludes halogenated alkanes) is 4. The van der Waals surface area contributed by atoms with Gasteiger partial charge in [0.25, 0.3) is 0 Å². The Bertz CT molecular complexity index is 518. The van der Waals surface area contributed by atoms with E-state index in [-0.39, 0.29) is 5.60 Å². The molecule has 1 heterocycles. The second kappa shape index (κ2) is 9.23. The molecule has 5 heteroatoms. The van der Waals surface area contributed by atoms with Crippen LogP contribution in [0.4, 0.5) is 0 Å². The van der Waals surface area contributed by atoms with Gasteiger partial charge in [0.1, 0.15) is 5.60 Å². The van der Waals surface area contributed by atoms with E-state index in [9.17, 15) is 10.0 Å². The predicted octanol–water partition coefficient (Wildman–Crippen LogP) is 3.39. The molecule has 0 saturated carbocycles. The number of hydrogen-bond acceptors (Lipinski definition) is 4. The van der Waals surface area contributed by atoms with Crippen LogP contribution >= 0.6 is 0 Å². The van der Waals surface area contributed by atoms with Crippen LogP contribution in [0.1, 0.15) is 77.2 Å². The van der Waals surface area contributed by atoms with Crippen LogP contribution in [0.15, 0.2) is 29.4 Å². The van der Waals surface area contributed by atoms with E-state index in [4.69, 9.17) is 4.84 Å². The summed E-state index contributed by atoms with van der Waals surface area (Å²) in [6.07, 6.45) is 10.2. The molecule has 4 nitrogen and oxygen atoms in total. The molecule has 1 aromatic rings. The highest BCUT2D eigenvalue weighted by atomic mass is 16.7. The highest BCUT2D eigenvalue weighted by molar-refractivity contribution is 6.58. The summed E-state index contributed by atoms with van der Waals surface area (Å²) in [6, 6.07) is 7.25. The summed E-state index contributed by atoms with van der Waals surface area (Å²) in [6.45, 7) is 4.44. The van der Waals surface area contributed by atoms with Crippen LogP contribution in [0.25, 0.3) is 0 Å². The first kappa shape index (κ1) is 19.0. The molecule has 2 N–H and O–H groups in total.